The number of ether oxygens (including phenoxy) is 2. The maximum absolute atomic E-state index is 13.5. The number of nitrogens with zero attached hydrogens (tertiary/aromatic N) is 2. The van der Waals surface area contributed by atoms with Crippen LogP contribution in [-0.2, 0) is 9.59 Å². The van der Waals surface area contributed by atoms with Gasteiger partial charge in [-0.15, -0.1) is 0 Å². The average molecular weight is 392 g/mol. The highest BCUT2D eigenvalue weighted by Gasteiger charge is 2.43. The van der Waals surface area contributed by atoms with Crippen LogP contribution in [0.1, 0.15) is 24.0 Å². The average Bonchev–Trinajstić information content (AvgIpc) is 3.34. The van der Waals surface area contributed by atoms with Crippen LogP contribution in [0.2, 0.25) is 0 Å². The molecule has 0 atom stereocenters. The van der Waals surface area contributed by atoms with Crippen LogP contribution in [0.25, 0.3) is 5.57 Å². The van der Waals surface area contributed by atoms with Crippen molar-refractivity contribution in [2.75, 3.05) is 32.2 Å². The lowest BCUT2D eigenvalue weighted by atomic mass is 10.0. The number of anilines is 1. The summed E-state index contributed by atoms with van der Waals surface area (Å²) in [5, 5.41) is 0. The number of amides is 2. The zero-order valence-corrected chi connectivity index (χ0v) is 16.9. The van der Waals surface area contributed by atoms with Crippen LogP contribution >= 0.6 is 0 Å². The minimum absolute atomic E-state index is 0.303. The van der Waals surface area contributed by atoms with E-state index in [4.69, 9.17) is 9.47 Å². The van der Waals surface area contributed by atoms with Gasteiger partial charge in [-0.25, -0.2) is 4.90 Å². The van der Waals surface area contributed by atoms with Crippen LogP contribution in [0, 0.1) is 6.92 Å². The minimum atomic E-state index is -0.323. The van der Waals surface area contributed by atoms with Crippen LogP contribution < -0.4 is 14.4 Å². The number of carbonyl (C=O) groups is 2. The Hall–Kier alpha value is -3.28. The first kappa shape index (κ1) is 19.1. The summed E-state index contributed by atoms with van der Waals surface area (Å²) in [6.07, 6.45) is 2.03. The number of aryl methyl sites for hydroxylation is 1. The van der Waals surface area contributed by atoms with Gasteiger partial charge in [-0.1, -0.05) is 29.8 Å². The summed E-state index contributed by atoms with van der Waals surface area (Å²) in [4.78, 5) is 30.2. The third kappa shape index (κ3) is 3.35. The Kier molecular flexibility index (Phi) is 5.01. The van der Waals surface area contributed by atoms with Crippen molar-refractivity contribution in [1.29, 1.82) is 0 Å². The third-order valence-corrected chi connectivity index (χ3v) is 5.42. The standard InChI is InChI=1S/C23H24N2O4/c1-15-6-8-16(9-7-15)20-21(24-10-4-5-11-24)23(27)25(22(20)26)17-12-18(28-2)14-19(13-17)29-3/h6-9,12-14H,4-5,10-11H2,1-3H3. The molecule has 0 spiro atoms. The monoisotopic (exact) mass is 392 g/mol. The molecule has 6 heteroatoms. The maximum Gasteiger partial charge on any atom is 0.282 e. The summed E-state index contributed by atoms with van der Waals surface area (Å²) in [6.45, 7) is 3.55. The fourth-order valence-electron chi connectivity index (χ4n) is 3.89. The number of likely N-dealkylation sites (tertiary alicyclic amines) is 1. The predicted molar refractivity (Wildman–Crippen MR) is 111 cm³/mol. The Labute approximate surface area is 170 Å². The predicted octanol–water partition coefficient (Wildman–Crippen LogP) is 3.39. The molecule has 150 valence electrons. The normalized spacial score (nSPS) is 16.8. The van der Waals surface area contributed by atoms with Crippen molar-refractivity contribution in [3.05, 3.63) is 59.3 Å². The number of methoxy groups -OCH3 is 2. The van der Waals surface area contributed by atoms with E-state index in [1.54, 1.807) is 18.2 Å². The highest BCUT2D eigenvalue weighted by molar-refractivity contribution is 6.45. The van der Waals surface area contributed by atoms with E-state index in [1.807, 2.05) is 36.1 Å². The van der Waals surface area contributed by atoms with E-state index < -0.39 is 0 Å². The van der Waals surface area contributed by atoms with E-state index in [0.29, 0.717) is 28.5 Å². The van der Waals surface area contributed by atoms with Gasteiger partial charge >= 0.3 is 0 Å². The summed E-state index contributed by atoms with van der Waals surface area (Å²) in [7, 11) is 3.08. The van der Waals surface area contributed by atoms with Gasteiger partial charge in [0.25, 0.3) is 11.8 Å². The number of benzene rings is 2. The van der Waals surface area contributed by atoms with Crippen molar-refractivity contribution in [3.63, 3.8) is 0 Å². The van der Waals surface area contributed by atoms with Crippen molar-refractivity contribution < 1.29 is 19.1 Å². The smallest absolute Gasteiger partial charge is 0.282 e. The van der Waals surface area contributed by atoms with Gasteiger partial charge in [0.05, 0.1) is 25.5 Å². The number of carbonyl (C=O) groups excluding carboxylic acids is 2. The molecule has 2 aromatic carbocycles. The molecule has 1 saturated heterocycles. The van der Waals surface area contributed by atoms with Crippen molar-refractivity contribution in [1.82, 2.24) is 4.90 Å². The highest BCUT2D eigenvalue weighted by atomic mass is 16.5. The van der Waals surface area contributed by atoms with Gasteiger partial charge in [0, 0.05) is 31.3 Å². The van der Waals surface area contributed by atoms with Gasteiger partial charge < -0.3 is 14.4 Å². The first-order chi connectivity index (χ1) is 14.0. The van der Waals surface area contributed by atoms with Crippen LogP contribution in [0.5, 0.6) is 11.5 Å². The number of rotatable bonds is 5. The van der Waals surface area contributed by atoms with E-state index in [0.717, 1.165) is 37.1 Å². The summed E-state index contributed by atoms with van der Waals surface area (Å²) in [5.41, 5.74) is 3.24. The summed E-state index contributed by atoms with van der Waals surface area (Å²) in [6, 6.07) is 12.8. The first-order valence-corrected chi connectivity index (χ1v) is 9.71. The van der Waals surface area contributed by atoms with Gasteiger partial charge in [-0.05, 0) is 25.3 Å². The second kappa shape index (κ2) is 7.62. The van der Waals surface area contributed by atoms with Crippen molar-refractivity contribution in [2.24, 2.45) is 0 Å². The van der Waals surface area contributed by atoms with Gasteiger partial charge in [-0.2, -0.15) is 0 Å². The van der Waals surface area contributed by atoms with Crippen molar-refractivity contribution in [3.8, 4) is 11.5 Å². The zero-order chi connectivity index (χ0) is 20.5. The number of imide groups is 1. The molecule has 0 N–H and O–H groups in total. The van der Waals surface area contributed by atoms with Gasteiger partial charge in [0.2, 0.25) is 0 Å². The highest BCUT2D eigenvalue weighted by Crippen LogP contribution is 2.38. The molecular formula is C23H24N2O4. The van der Waals surface area contributed by atoms with Crippen molar-refractivity contribution in [2.45, 2.75) is 19.8 Å². The minimum Gasteiger partial charge on any atom is -0.497 e. The molecule has 0 aromatic heterocycles. The van der Waals surface area contributed by atoms with Gasteiger partial charge in [0.1, 0.15) is 17.2 Å². The van der Waals surface area contributed by atoms with Gasteiger partial charge in [0.15, 0.2) is 0 Å². The summed E-state index contributed by atoms with van der Waals surface area (Å²) >= 11 is 0. The van der Waals surface area contributed by atoms with E-state index in [-0.39, 0.29) is 11.8 Å². The van der Waals surface area contributed by atoms with E-state index >= 15 is 0 Å². The molecule has 0 saturated carbocycles. The molecule has 29 heavy (non-hydrogen) atoms. The van der Waals surface area contributed by atoms with E-state index in [1.165, 1.54) is 19.1 Å². The molecule has 2 aliphatic heterocycles. The molecule has 0 unspecified atom stereocenters. The fraction of sp³-hybridized carbons (Fsp3) is 0.304. The Bertz CT molecular complexity index is 966. The Morgan fingerprint density at radius 3 is 1.97 bits per heavy atom. The van der Waals surface area contributed by atoms with Crippen LogP contribution in [0.15, 0.2) is 48.2 Å². The second-order valence-corrected chi connectivity index (χ2v) is 7.30. The summed E-state index contributed by atoms with van der Waals surface area (Å²) < 4.78 is 10.7. The zero-order valence-electron chi connectivity index (χ0n) is 16.9. The molecule has 2 heterocycles. The SMILES string of the molecule is COc1cc(OC)cc(N2C(=O)C(c3ccc(C)cc3)=C(N3CCCC3)C2=O)c1. The molecule has 2 aromatic rings. The fourth-order valence-corrected chi connectivity index (χ4v) is 3.89. The molecule has 4 rings (SSSR count). The maximum atomic E-state index is 13.5. The molecule has 1 fully saturated rings. The molecule has 0 radical (unpaired) electrons. The van der Waals surface area contributed by atoms with E-state index in [2.05, 4.69) is 0 Å². The summed E-state index contributed by atoms with van der Waals surface area (Å²) in [5.74, 6) is 0.414. The number of hydrogen-bond acceptors (Lipinski definition) is 5. The molecule has 2 amide bonds. The van der Waals surface area contributed by atoms with Crippen LogP contribution in [0.4, 0.5) is 5.69 Å². The molecule has 6 nitrogen and oxygen atoms in total. The number of hydrogen-bond donors (Lipinski definition) is 0. The molecular weight excluding hydrogens is 368 g/mol. The largest absolute Gasteiger partial charge is 0.497 e. The van der Waals surface area contributed by atoms with Crippen LogP contribution in [-0.4, -0.2) is 44.0 Å². The Morgan fingerprint density at radius 1 is 0.828 bits per heavy atom. The lowest BCUT2D eigenvalue weighted by Crippen LogP contribution is -2.34. The van der Waals surface area contributed by atoms with Crippen LogP contribution in [0.3, 0.4) is 0 Å². The third-order valence-electron chi connectivity index (χ3n) is 5.42. The lowest BCUT2D eigenvalue weighted by molar-refractivity contribution is -0.120. The van der Waals surface area contributed by atoms with Gasteiger partial charge in [-0.3, -0.25) is 9.59 Å². The second-order valence-electron chi connectivity index (χ2n) is 7.30. The lowest BCUT2D eigenvalue weighted by Gasteiger charge is -2.21. The quantitative estimate of drug-likeness (QED) is 0.730. The molecule has 0 bridgehead atoms. The van der Waals surface area contributed by atoms with Crippen molar-refractivity contribution >= 4 is 23.1 Å². The van der Waals surface area contributed by atoms with E-state index in [9.17, 15) is 9.59 Å². The topological polar surface area (TPSA) is 59.1 Å². The molecule has 2 aliphatic rings. The Morgan fingerprint density at radius 2 is 1.41 bits per heavy atom. The first-order valence-electron chi connectivity index (χ1n) is 9.71. The Balaban J connectivity index is 1.83. The molecule has 0 aliphatic carbocycles.